The normalized spacial score (nSPS) is 12.0. The molecule has 1 aliphatic heterocycles. The summed E-state index contributed by atoms with van der Waals surface area (Å²) in [6, 6.07) is 12.2. The molecule has 3 aromatic rings. The zero-order valence-electron chi connectivity index (χ0n) is 19.0. The van der Waals surface area contributed by atoms with E-state index in [2.05, 4.69) is 17.3 Å². The lowest BCUT2D eigenvalue weighted by Gasteiger charge is -2.11. The highest BCUT2D eigenvalue weighted by molar-refractivity contribution is 6.02. The summed E-state index contributed by atoms with van der Waals surface area (Å²) in [7, 11) is 0. The number of benzene rings is 2. The minimum Gasteiger partial charge on any atom is -0.454 e. The molecule has 34 heavy (non-hydrogen) atoms. The van der Waals surface area contributed by atoms with Crippen LogP contribution < -0.4 is 20.3 Å². The van der Waals surface area contributed by atoms with Gasteiger partial charge in [-0.05, 0) is 30.2 Å². The minimum atomic E-state index is -0.753. The number of amides is 1. The van der Waals surface area contributed by atoms with Gasteiger partial charge in [-0.15, -0.1) is 0 Å². The topological polar surface area (TPSA) is 109 Å². The van der Waals surface area contributed by atoms with Gasteiger partial charge in [-0.2, -0.15) is 5.10 Å². The highest BCUT2D eigenvalue weighted by Crippen LogP contribution is 2.32. The Morgan fingerprint density at radius 2 is 1.85 bits per heavy atom. The van der Waals surface area contributed by atoms with E-state index in [-0.39, 0.29) is 24.6 Å². The van der Waals surface area contributed by atoms with Crippen molar-refractivity contribution in [2.24, 2.45) is 0 Å². The summed E-state index contributed by atoms with van der Waals surface area (Å²) in [6.07, 6.45) is 3.91. The van der Waals surface area contributed by atoms with E-state index >= 15 is 0 Å². The first kappa shape index (κ1) is 23.3. The summed E-state index contributed by atoms with van der Waals surface area (Å²) in [5.74, 6) is 0.0799. The first-order valence-electron chi connectivity index (χ1n) is 11.4. The Hall–Kier alpha value is -3.88. The highest BCUT2D eigenvalue weighted by Gasteiger charge is 2.19. The van der Waals surface area contributed by atoms with Crippen LogP contribution in [0.15, 0.2) is 47.3 Å². The summed E-state index contributed by atoms with van der Waals surface area (Å²) in [4.78, 5) is 37.8. The molecule has 2 heterocycles. The lowest BCUT2D eigenvalue weighted by Crippen LogP contribution is -2.30. The average molecular weight is 466 g/mol. The van der Waals surface area contributed by atoms with Gasteiger partial charge < -0.3 is 19.5 Å². The van der Waals surface area contributed by atoms with E-state index in [4.69, 9.17) is 14.2 Å². The summed E-state index contributed by atoms with van der Waals surface area (Å²) < 4.78 is 17.1. The number of rotatable bonds is 10. The summed E-state index contributed by atoms with van der Waals surface area (Å²) in [5.41, 5.74) is 0.603. The number of hydrogen-bond donors (Lipinski definition) is 1. The molecule has 9 nitrogen and oxygen atoms in total. The fraction of sp³-hybridized carbons (Fsp3) is 0.360. The van der Waals surface area contributed by atoms with Gasteiger partial charge in [0.25, 0.3) is 11.5 Å². The molecule has 1 aliphatic rings. The molecule has 1 amide bonds. The smallest absolute Gasteiger partial charge is 0.359 e. The zero-order valence-corrected chi connectivity index (χ0v) is 19.0. The van der Waals surface area contributed by atoms with Crippen molar-refractivity contribution in [3.63, 3.8) is 0 Å². The maximum Gasteiger partial charge on any atom is 0.359 e. The van der Waals surface area contributed by atoms with Crippen LogP contribution in [0.3, 0.4) is 0 Å². The molecular weight excluding hydrogens is 438 g/mol. The van der Waals surface area contributed by atoms with Crippen LogP contribution in [0.2, 0.25) is 0 Å². The summed E-state index contributed by atoms with van der Waals surface area (Å²) in [5, 5.41) is 7.78. The Morgan fingerprint density at radius 1 is 1.06 bits per heavy atom. The molecular formula is C25H27N3O6. The van der Waals surface area contributed by atoms with Crippen molar-refractivity contribution < 1.29 is 23.8 Å². The van der Waals surface area contributed by atoms with E-state index in [0.29, 0.717) is 28.8 Å². The fourth-order valence-electron chi connectivity index (χ4n) is 3.73. The van der Waals surface area contributed by atoms with Crippen molar-refractivity contribution in [1.82, 2.24) is 15.1 Å². The predicted molar refractivity (Wildman–Crippen MR) is 125 cm³/mol. The molecule has 0 atom stereocenters. The third-order valence-corrected chi connectivity index (χ3v) is 5.55. The van der Waals surface area contributed by atoms with Gasteiger partial charge in [0.2, 0.25) is 6.79 Å². The largest absolute Gasteiger partial charge is 0.454 e. The Kier molecular flexibility index (Phi) is 7.41. The number of carbonyl (C=O) groups excluding carboxylic acids is 2. The molecule has 178 valence electrons. The molecule has 0 radical (unpaired) electrons. The number of nitrogens with one attached hydrogen (secondary N) is 1. The van der Waals surface area contributed by atoms with Crippen LogP contribution in [-0.2, 0) is 22.6 Å². The van der Waals surface area contributed by atoms with Gasteiger partial charge in [0.05, 0.1) is 5.39 Å². The van der Waals surface area contributed by atoms with Crippen LogP contribution in [0.25, 0.3) is 10.8 Å². The second kappa shape index (κ2) is 10.8. The fourth-order valence-corrected chi connectivity index (χ4v) is 3.73. The second-order valence-corrected chi connectivity index (χ2v) is 8.02. The first-order valence-corrected chi connectivity index (χ1v) is 11.4. The average Bonchev–Trinajstić information content (AvgIpc) is 3.33. The van der Waals surface area contributed by atoms with Gasteiger partial charge in [0.15, 0.2) is 23.8 Å². The highest BCUT2D eigenvalue weighted by atomic mass is 16.7. The van der Waals surface area contributed by atoms with Crippen molar-refractivity contribution in [1.29, 1.82) is 0 Å². The van der Waals surface area contributed by atoms with Crippen LogP contribution in [0, 0.1) is 0 Å². The molecule has 0 spiro atoms. The molecule has 0 bridgehead atoms. The summed E-state index contributed by atoms with van der Waals surface area (Å²) in [6.45, 7) is 2.49. The third kappa shape index (κ3) is 5.36. The van der Waals surface area contributed by atoms with Crippen LogP contribution in [0.5, 0.6) is 11.5 Å². The molecule has 0 fully saturated rings. The molecule has 0 aliphatic carbocycles. The maximum absolute atomic E-state index is 12.8. The number of ether oxygens (including phenoxy) is 3. The Bertz CT molecular complexity index is 1250. The standard InChI is InChI=1S/C25H27N3O6/c1-2-3-4-7-12-28-24(30)19-9-6-5-8-18(19)23(27-28)25(31)32-15-22(29)26-14-17-10-11-20-21(13-17)34-16-33-20/h5-6,8-11,13H,2-4,7,12,14-16H2,1H3,(H,26,29). The quantitative estimate of drug-likeness (QED) is 0.362. The van der Waals surface area contributed by atoms with Gasteiger partial charge in [0, 0.05) is 18.5 Å². The van der Waals surface area contributed by atoms with Gasteiger partial charge in [0.1, 0.15) is 0 Å². The van der Waals surface area contributed by atoms with Crippen molar-refractivity contribution in [2.75, 3.05) is 13.4 Å². The maximum atomic E-state index is 12.8. The number of esters is 1. The zero-order chi connectivity index (χ0) is 23.9. The van der Waals surface area contributed by atoms with Crippen molar-refractivity contribution in [3.05, 3.63) is 64.1 Å². The van der Waals surface area contributed by atoms with E-state index in [9.17, 15) is 14.4 Å². The SMILES string of the molecule is CCCCCCn1nc(C(=O)OCC(=O)NCc2ccc3c(c2)OCO3)c2ccccc2c1=O. The number of fused-ring (bicyclic) bond motifs is 2. The summed E-state index contributed by atoms with van der Waals surface area (Å²) >= 11 is 0. The number of hydrogen-bond acceptors (Lipinski definition) is 7. The third-order valence-electron chi connectivity index (χ3n) is 5.55. The van der Waals surface area contributed by atoms with Crippen molar-refractivity contribution in [3.8, 4) is 11.5 Å². The monoisotopic (exact) mass is 465 g/mol. The number of unbranched alkanes of at least 4 members (excludes halogenated alkanes) is 3. The van der Waals surface area contributed by atoms with Gasteiger partial charge >= 0.3 is 5.97 Å². The molecule has 9 heteroatoms. The number of carbonyl (C=O) groups is 2. The molecule has 1 aromatic heterocycles. The molecule has 0 saturated heterocycles. The van der Waals surface area contributed by atoms with E-state index in [1.54, 1.807) is 36.4 Å². The van der Waals surface area contributed by atoms with Gasteiger partial charge in [-0.3, -0.25) is 9.59 Å². The Morgan fingerprint density at radius 3 is 2.68 bits per heavy atom. The van der Waals surface area contributed by atoms with Crippen LogP contribution in [0.4, 0.5) is 0 Å². The van der Waals surface area contributed by atoms with Crippen molar-refractivity contribution >= 4 is 22.6 Å². The molecule has 2 aromatic carbocycles. The van der Waals surface area contributed by atoms with E-state index in [0.717, 1.165) is 31.2 Å². The van der Waals surface area contributed by atoms with Crippen LogP contribution in [-0.4, -0.2) is 35.1 Å². The minimum absolute atomic E-state index is 0.0225. The Balaban J connectivity index is 1.40. The second-order valence-electron chi connectivity index (χ2n) is 8.02. The molecule has 0 unspecified atom stereocenters. The number of aromatic nitrogens is 2. The molecule has 1 N–H and O–H groups in total. The van der Waals surface area contributed by atoms with Gasteiger partial charge in [-0.25, -0.2) is 9.48 Å². The first-order chi connectivity index (χ1) is 16.6. The van der Waals surface area contributed by atoms with E-state index in [1.807, 2.05) is 6.07 Å². The van der Waals surface area contributed by atoms with E-state index < -0.39 is 18.5 Å². The molecule has 0 saturated carbocycles. The number of aryl methyl sites for hydroxylation is 1. The molecule has 4 rings (SSSR count). The predicted octanol–water partition coefficient (Wildman–Crippen LogP) is 3.18. The van der Waals surface area contributed by atoms with E-state index in [1.165, 1.54) is 4.68 Å². The van der Waals surface area contributed by atoms with Crippen LogP contribution >= 0.6 is 0 Å². The van der Waals surface area contributed by atoms with Crippen molar-refractivity contribution in [2.45, 2.75) is 45.7 Å². The van der Waals surface area contributed by atoms with Crippen LogP contribution in [0.1, 0.15) is 48.7 Å². The lowest BCUT2D eigenvalue weighted by molar-refractivity contribution is -0.124. The number of nitrogens with zero attached hydrogens (tertiary/aromatic N) is 2. The lowest BCUT2D eigenvalue weighted by atomic mass is 10.1. The Labute approximate surface area is 196 Å². The van der Waals surface area contributed by atoms with Gasteiger partial charge in [-0.1, -0.05) is 50.5 Å².